The van der Waals surface area contributed by atoms with Gasteiger partial charge in [-0.15, -0.1) is 0 Å². The lowest BCUT2D eigenvalue weighted by molar-refractivity contribution is 0.0946. The summed E-state index contributed by atoms with van der Waals surface area (Å²) >= 11 is 0. The Bertz CT molecular complexity index is 726. The van der Waals surface area contributed by atoms with E-state index in [1.54, 1.807) is 0 Å². The van der Waals surface area contributed by atoms with E-state index in [9.17, 15) is 4.79 Å². The van der Waals surface area contributed by atoms with E-state index in [1.807, 2.05) is 25.1 Å². The maximum absolute atomic E-state index is 12.3. The van der Waals surface area contributed by atoms with Crippen LogP contribution in [0.1, 0.15) is 28.9 Å². The minimum absolute atomic E-state index is 0.139. The Hall–Kier alpha value is -2.47. The second-order valence-electron chi connectivity index (χ2n) is 7.44. The first-order chi connectivity index (χ1) is 13.1. The van der Waals surface area contributed by atoms with E-state index in [0.29, 0.717) is 18.2 Å². The summed E-state index contributed by atoms with van der Waals surface area (Å²) in [4.78, 5) is 25.1. The number of piperidine rings is 1. The molecule has 1 fully saturated rings. The molecule has 6 heteroatoms. The molecule has 3 rings (SSSR count). The highest BCUT2D eigenvalue weighted by atomic mass is 16.1. The summed E-state index contributed by atoms with van der Waals surface area (Å²) < 4.78 is 0. The fourth-order valence-corrected chi connectivity index (χ4v) is 3.44. The smallest absolute Gasteiger partial charge is 0.270 e. The predicted molar refractivity (Wildman–Crippen MR) is 108 cm³/mol. The summed E-state index contributed by atoms with van der Waals surface area (Å²) in [7, 11) is 3.97. The fourth-order valence-electron chi connectivity index (χ4n) is 3.44. The highest BCUT2D eigenvalue weighted by Crippen LogP contribution is 2.24. The molecule has 0 unspecified atom stereocenters. The zero-order valence-corrected chi connectivity index (χ0v) is 16.3. The van der Waals surface area contributed by atoms with Gasteiger partial charge >= 0.3 is 0 Å². The van der Waals surface area contributed by atoms with Gasteiger partial charge in [0.05, 0.1) is 0 Å². The number of likely N-dealkylation sites (N-methyl/N-ethyl adjacent to an activating group) is 1. The Morgan fingerprint density at radius 1 is 1.19 bits per heavy atom. The highest BCUT2D eigenvalue weighted by molar-refractivity contribution is 5.92. The molecule has 1 aliphatic heterocycles. The molecule has 1 amide bonds. The maximum Gasteiger partial charge on any atom is 0.270 e. The number of amides is 1. The second kappa shape index (κ2) is 9.46. The van der Waals surface area contributed by atoms with Crippen LogP contribution in [-0.4, -0.2) is 61.0 Å². The molecule has 0 saturated carbocycles. The number of hydrogen-bond acceptors (Lipinski definition) is 5. The molecule has 1 N–H and O–H groups in total. The number of nitrogens with one attached hydrogen (secondary N) is 1. The van der Waals surface area contributed by atoms with Gasteiger partial charge in [-0.2, -0.15) is 0 Å². The van der Waals surface area contributed by atoms with E-state index in [2.05, 4.69) is 50.5 Å². The number of rotatable bonds is 7. The average Bonchev–Trinajstić information content (AvgIpc) is 2.69. The van der Waals surface area contributed by atoms with E-state index in [-0.39, 0.29) is 5.91 Å². The molecular weight excluding hydrogens is 338 g/mol. The molecule has 144 valence electrons. The summed E-state index contributed by atoms with van der Waals surface area (Å²) in [6, 6.07) is 12.5. The van der Waals surface area contributed by atoms with Crippen LogP contribution in [0.15, 0.2) is 42.7 Å². The molecule has 2 aromatic rings. The number of benzene rings is 1. The Balaban J connectivity index is 1.53. The van der Waals surface area contributed by atoms with E-state index in [4.69, 9.17) is 0 Å². The lowest BCUT2D eigenvalue weighted by Gasteiger charge is -2.33. The monoisotopic (exact) mass is 367 g/mol. The van der Waals surface area contributed by atoms with Crippen LogP contribution < -0.4 is 10.2 Å². The zero-order valence-electron chi connectivity index (χ0n) is 16.3. The molecule has 1 aliphatic rings. The highest BCUT2D eigenvalue weighted by Gasteiger charge is 2.21. The van der Waals surface area contributed by atoms with E-state index in [0.717, 1.165) is 44.7 Å². The standard InChI is InChI=1S/C21H29N5O/c1-25(2)13-10-22-21(27)19-15-20(24-16-23-19)26-11-8-18(9-12-26)14-17-6-4-3-5-7-17/h3-7,15-16,18H,8-14H2,1-2H3,(H,22,27). The molecule has 0 bridgehead atoms. The van der Waals surface area contributed by atoms with Gasteiger partial charge in [-0.25, -0.2) is 9.97 Å². The number of nitrogens with zero attached hydrogens (tertiary/aromatic N) is 4. The summed E-state index contributed by atoms with van der Waals surface area (Å²) in [6.07, 6.45) is 4.91. The largest absolute Gasteiger partial charge is 0.356 e. The third kappa shape index (κ3) is 5.76. The predicted octanol–water partition coefficient (Wildman–Crippen LogP) is 2.23. The lowest BCUT2D eigenvalue weighted by Crippen LogP contribution is -2.35. The molecule has 27 heavy (non-hydrogen) atoms. The average molecular weight is 367 g/mol. The number of carbonyl (C=O) groups excluding carboxylic acids is 1. The van der Waals surface area contributed by atoms with Crippen LogP contribution in [0.2, 0.25) is 0 Å². The van der Waals surface area contributed by atoms with Crippen molar-refractivity contribution in [2.24, 2.45) is 5.92 Å². The van der Waals surface area contributed by atoms with Crippen molar-refractivity contribution >= 4 is 11.7 Å². The van der Waals surface area contributed by atoms with Crippen LogP contribution in [0, 0.1) is 5.92 Å². The van der Waals surface area contributed by atoms with Crippen molar-refractivity contribution in [2.45, 2.75) is 19.3 Å². The molecule has 6 nitrogen and oxygen atoms in total. The van der Waals surface area contributed by atoms with Crippen LogP contribution in [0.3, 0.4) is 0 Å². The lowest BCUT2D eigenvalue weighted by atomic mass is 9.90. The van der Waals surface area contributed by atoms with Crippen LogP contribution in [0.25, 0.3) is 0 Å². The van der Waals surface area contributed by atoms with E-state index < -0.39 is 0 Å². The van der Waals surface area contributed by atoms with Gasteiger partial charge in [-0.3, -0.25) is 4.79 Å². The van der Waals surface area contributed by atoms with Crippen LogP contribution in [0.4, 0.5) is 5.82 Å². The van der Waals surface area contributed by atoms with Crippen molar-refractivity contribution in [3.05, 3.63) is 54.0 Å². The van der Waals surface area contributed by atoms with Gasteiger partial charge in [0, 0.05) is 32.2 Å². The van der Waals surface area contributed by atoms with Gasteiger partial charge in [0.25, 0.3) is 5.91 Å². The molecule has 1 aromatic carbocycles. The third-order valence-corrected chi connectivity index (χ3v) is 5.04. The maximum atomic E-state index is 12.3. The molecule has 1 saturated heterocycles. The van der Waals surface area contributed by atoms with Gasteiger partial charge in [-0.1, -0.05) is 30.3 Å². The zero-order chi connectivity index (χ0) is 19.1. The first kappa shape index (κ1) is 19.3. The number of hydrogen-bond donors (Lipinski definition) is 1. The minimum atomic E-state index is -0.139. The van der Waals surface area contributed by atoms with Crippen molar-refractivity contribution < 1.29 is 4.79 Å². The Kier molecular flexibility index (Phi) is 6.76. The van der Waals surface area contributed by atoms with Gasteiger partial charge in [0.1, 0.15) is 17.8 Å². The van der Waals surface area contributed by atoms with Gasteiger partial charge < -0.3 is 15.1 Å². The van der Waals surface area contributed by atoms with Crippen LogP contribution in [-0.2, 0) is 6.42 Å². The summed E-state index contributed by atoms with van der Waals surface area (Å²) in [5.41, 5.74) is 1.85. The van der Waals surface area contributed by atoms with Crippen molar-refractivity contribution in [1.29, 1.82) is 0 Å². The minimum Gasteiger partial charge on any atom is -0.356 e. The molecule has 0 radical (unpaired) electrons. The molecular formula is C21H29N5O. The first-order valence-electron chi connectivity index (χ1n) is 9.65. The third-order valence-electron chi connectivity index (χ3n) is 5.04. The Morgan fingerprint density at radius 3 is 2.63 bits per heavy atom. The normalized spacial score (nSPS) is 15.1. The van der Waals surface area contributed by atoms with Crippen LogP contribution >= 0.6 is 0 Å². The molecule has 1 aromatic heterocycles. The van der Waals surface area contributed by atoms with Crippen LogP contribution in [0.5, 0.6) is 0 Å². The topological polar surface area (TPSA) is 61.4 Å². The first-order valence-corrected chi connectivity index (χ1v) is 9.65. The Morgan fingerprint density at radius 2 is 1.93 bits per heavy atom. The van der Waals surface area contributed by atoms with Crippen molar-refractivity contribution in [3.63, 3.8) is 0 Å². The molecule has 0 aliphatic carbocycles. The number of anilines is 1. The SMILES string of the molecule is CN(C)CCNC(=O)c1cc(N2CCC(Cc3ccccc3)CC2)ncn1. The molecule has 0 spiro atoms. The molecule has 0 atom stereocenters. The van der Waals surface area contributed by atoms with Gasteiger partial charge in [0.2, 0.25) is 0 Å². The van der Waals surface area contributed by atoms with E-state index in [1.165, 1.54) is 11.9 Å². The Labute approximate surface area is 161 Å². The number of aromatic nitrogens is 2. The fraction of sp³-hybridized carbons (Fsp3) is 0.476. The second-order valence-corrected chi connectivity index (χ2v) is 7.44. The van der Waals surface area contributed by atoms with Crippen molar-refractivity contribution in [2.75, 3.05) is 45.2 Å². The van der Waals surface area contributed by atoms with Gasteiger partial charge in [-0.05, 0) is 44.8 Å². The summed E-state index contributed by atoms with van der Waals surface area (Å²) in [5.74, 6) is 1.42. The summed E-state index contributed by atoms with van der Waals surface area (Å²) in [5, 5.41) is 2.91. The molecule has 2 heterocycles. The quantitative estimate of drug-likeness (QED) is 0.813. The number of carbonyl (C=O) groups is 1. The van der Waals surface area contributed by atoms with E-state index >= 15 is 0 Å². The van der Waals surface area contributed by atoms with Crippen molar-refractivity contribution in [3.8, 4) is 0 Å². The van der Waals surface area contributed by atoms with Crippen molar-refractivity contribution in [1.82, 2.24) is 20.2 Å². The summed E-state index contributed by atoms with van der Waals surface area (Å²) in [6.45, 7) is 3.35. The van der Waals surface area contributed by atoms with Gasteiger partial charge in [0.15, 0.2) is 0 Å².